The molecule has 0 bridgehead atoms. The second kappa shape index (κ2) is 18.0. The number of alkyl carbamates (subject to hydrolysis) is 2. The van der Waals surface area contributed by atoms with Crippen molar-refractivity contribution < 1.29 is 32.7 Å². The Labute approximate surface area is 314 Å². The van der Waals surface area contributed by atoms with Gasteiger partial charge in [0.15, 0.2) is 0 Å². The lowest BCUT2D eigenvalue weighted by molar-refractivity contribution is 0.0442. The summed E-state index contributed by atoms with van der Waals surface area (Å²) in [5.41, 5.74) is 0.394. The van der Waals surface area contributed by atoms with Gasteiger partial charge in [0.1, 0.15) is 22.7 Å². The summed E-state index contributed by atoms with van der Waals surface area (Å²) in [5.74, 6) is -0.769. The summed E-state index contributed by atoms with van der Waals surface area (Å²) in [7, 11) is -2.48. The van der Waals surface area contributed by atoms with Crippen molar-refractivity contribution in [1.29, 1.82) is 0 Å². The Bertz CT molecular complexity index is 1640. The SMILES string of the molecule is CC(C)[Si](OC(CNC(=O)OC(C)(C)C)C[C@@H](CNC(=O)c1[nH]c2ccccc2c1Sc1cccc(F)c1)NC(=O)OC(C)(C)C)(C(C)C)C(C)C. The molecule has 1 heterocycles. The van der Waals surface area contributed by atoms with Gasteiger partial charge in [0.25, 0.3) is 5.91 Å². The number of aromatic amines is 1. The Morgan fingerprint density at radius 1 is 0.808 bits per heavy atom. The minimum atomic E-state index is -2.48. The van der Waals surface area contributed by atoms with Gasteiger partial charge in [-0.15, -0.1) is 0 Å². The highest BCUT2D eigenvalue weighted by Crippen LogP contribution is 2.43. The van der Waals surface area contributed by atoms with Crippen molar-refractivity contribution in [3.8, 4) is 0 Å². The zero-order chi connectivity index (χ0) is 39.0. The lowest BCUT2D eigenvalue weighted by atomic mass is 10.1. The van der Waals surface area contributed by atoms with Gasteiger partial charge in [-0.1, -0.05) is 77.6 Å². The van der Waals surface area contributed by atoms with Crippen LogP contribution >= 0.6 is 11.8 Å². The molecule has 10 nitrogen and oxygen atoms in total. The van der Waals surface area contributed by atoms with Gasteiger partial charge in [0.05, 0.1) is 17.0 Å². The number of nitrogens with one attached hydrogen (secondary N) is 4. The van der Waals surface area contributed by atoms with Crippen LogP contribution in [-0.4, -0.2) is 67.8 Å². The van der Waals surface area contributed by atoms with Gasteiger partial charge < -0.3 is 34.8 Å². The molecular weight excluding hydrogens is 700 g/mol. The van der Waals surface area contributed by atoms with E-state index in [0.717, 1.165) is 10.9 Å². The fraction of sp³-hybridized carbons (Fsp3) is 0.564. The zero-order valence-electron chi connectivity index (χ0n) is 32.9. The standard InChI is InChI=1S/C39H59FN4O6SSi/c1-24(2)52(25(3)4,26(5)6)50-29(23-42-36(46)48-38(7,8)9)21-28(43-37(47)49-39(10,11)12)22-41-35(45)33-34(31-18-13-14-19-32(31)44-33)51-30-17-15-16-27(40)20-30/h13-20,24-26,28-29,44H,21-23H2,1-12H3,(H,41,45)(H,42,46)(H,43,47)/t28-,29?/m0/s1. The van der Waals surface area contributed by atoms with Crippen LogP contribution in [-0.2, 0) is 13.9 Å². The minimum absolute atomic E-state index is 0.0312. The fourth-order valence-corrected chi connectivity index (χ4v) is 13.4. The Hall–Kier alpha value is -3.55. The first-order chi connectivity index (χ1) is 24.1. The maximum atomic E-state index is 14.1. The Morgan fingerprint density at radius 3 is 1.98 bits per heavy atom. The number of ether oxygens (including phenoxy) is 2. The highest BCUT2D eigenvalue weighted by molar-refractivity contribution is 7.99. The van der Waals surface area contributed by atoms with Crippen molar-refractivity contribution in [3.05, 3.63) is 60.0 Å². The van der Waals surface area contributed by atoms with Crippen LogP contribution in [0.2, 0.25) is 16.6 Å². The van der Waals surface area contributed by atoms with E-state index in [9.17, 15) is 18.8 Å². The van der Waals surface area contributed by atoms with E-state index in [2.05, 4.69) is 62.5 Å². The molecule has 2 atom stereocenters. The normalized spacial score (nSPS) is 13.7. The number of hydrogen-bond acceptors (Lipinski definition) is 7. The molecule has 2 aromatic carbocycles. The Morgan fingerprint density at radius 2 is 1.40 bits per heavy atom. The summed E-state index contributed by atoms with van der Waals surface area (Å²) in [6.45, 7) is 24.0. The van der Waals surface area contributed by atoms with E-state index in [1.54, 1.807) is 53.7 Å². The van der Waals surface area contributed by atoms with Crippen LogP contribution in [0.5, 0.6) is 0 Å². The molecule has 3 aromatic rings. The van der Waals surface area contributed by atoms with Crippen LogP contribution in [0.15, 0.2) is 58.3 Å². The van der Waals surface area contributed by atoms with Gasteiger partial charge in [-0.05, 0) is 88.9 Å². The Balaban J connectivity index is 1.97. The second-order valence-corrected chi connectivity index (χ2v) is 22.7. The molecule has 52 heavy (non-hydrogen) atoms. The average molecular weight is 759 g/mol. The van der Waals surface area contributed by atoms with E-state index in [4.69, 9.17) is 13.9 Å². The third-order valence-electron chi connectivity index (χ3n) is 8.63. The maximum Gasteiger partial charge on any atom is 0.407 e. The number of carbonyl (C=O) groups is 3. The number of para-hydroxylation sites is 1. The van der Waals surface area contributed by atoms with E-state index >= 15 is 0 Å². The summed E-state index contributed by atoms with van der Waals surface area (Å²) in [6.07, 6.45) is -1.48. The molecule has 1 unspecified atom stereocenters. The number of hydrogen-bond donors (Lipinski definition) is 4. The van der Waals surface area contributed by atoms with Crippen molar-refractivity contribution in [3.63, 3.8) is 0 Å². The summed E-state index contributed by atoms with van der Waals surface area (Å²) < 4.78 is 32.4. The van der Waals surface area contributed by atoms with E-state index in [-0.39, 0.29) is 42.0 Å². The largest absolute Gasteiger partial charge is 0.444 e. The first kappa shape index (κ1) is 42.9. The number of fused-ring (bicyclic) bond motifs is 1. The van der Waals surface area contributed by atoms with Crippen LogP contribution in [0.3, 0.4) is 0 Å². The summed E-state index contributed by atoms with van der Waals surface area (Å²) in [4.78, 5) is 44.5. The minimum Gasteiger partial charge on any atom is -0.444 e. The van der Waals surface area contributed by atoms with Gasteiger partial charge in [0, 0.05) is 28.9 Å². The number of halogens is 1. The van der Waals surface area contributed by atoms with Gasteiger partial charge in [0.2, 0.25) is 8.32 Å². The van der Waals surface area contributed by atoms with Gasteiger partial charge in [-0.2, -0.15) is 0 Å². The Kier molecular flexibility index (Phi) is 14.8. The molecule has 3 rings (SSSR count). The van der Waals surface area contributed by atoms with Crippen LogP contribution in [0, 0.1) is 5.82 Å². The number of aromatic nitrogens is 1. The van der Waals surface area contributed by atoms with Crippen LogP contribution in [0.4, 0.5) is 14.0 Å². The quantitative estimate of drug-likeness (QED) is 0.114. The molecule has 0 saturated carbocycles. The van der Waals surface area contributed by atoms with Crippen LogP contribution < -0.4 is 16.0 Å². The first-order valence-electron chi connectivity index (χ1n) is 18.1. The fourth-order valence-electron chi connectivity index (χ4n) is 6.70. The molecular formula is C39H59FN4O6SSi. The maximum absolute atomic E-state index is 14.1. The highest BCUT2D eigenvalue weighted by Gasteiger charge is 2.47. The zero-order valence-corrected chi connectivity index (χ0v) is 34.7. The van der Waals surface area contributed by atoms with Crippen LogP contribution in [0.25, 0.3) is 10.9 Å². The number of amides is 3. The molecule has 0 aliphatic heterocycles. The smallest absolute Gasteiger partial charge is 0.407 e. The molecule has 3 amide bonds. The number of rotatable bonds is 15. The van der Waals surface area contributed by atoms with Crippen molar-refractivity contribution in [2.45, 2.75) is 139 Å². The molecule has 0 aliphatic rings. The van der Waals surface area contributed by atoms with Gasteiger partial charge in [-0.25, -0.2) is 14.0 Å². The van der Waals surface area contributed by atoms with Crippen LogP contribution in [0.1, 0.15) is 100.0 Å². The second-order valence-electron chi connectivity index (χ2n) is 16.2. The first-order valence-corrected chi connectivity index (χ1v) is 21.0. The molecule has 288 valence electrons. The third-order valence-corrected chi connectivity index (χ3v) is 15.9. The van der Waals surface area contributed by atoms with Crippen molar-refractivity contribution in [2.75, 3.05) is 13.1 Å². The molecule has 0 aliphatic carbocycles. The molecule has 0 saturated heterocycles. The van der Waals surface area contributed by atoms with Crippen molar-refractivity contribution >= 4 is 49.1 Å². The van der Waals surface area contributed by atoms with Gasteiger partial charge >= 0.3 is 12.2 Å². The topological polar surface area (TPSA) is 131 Å². The molecule has 0 fully saturated rings. The predicted molar refractivity (Wildman–Crippen MR) is 209 cm³/mol. The summed E-state index contributed by atoms with van der Waals surface area (Å²) in [5, 5.41) is 9.68. The van der Waals surface area contributed by atoms with E-state index in [0.29, 0.717) is 15.5 Å². The summed E-state index contributed by atoms with van der Waals surface area (Å²) >= 11 is 1.29. The molecule has 4 N–H and O–H groups in total. The molecule has 0 radical (unpaired) electrons. The molecule has 0 spiro atoms. The van der Waals surface area contributed by atoms with Crippen molar-refractivity contribution in [1.82, 2.24) is 20.9 Å². The number of H-pyrrole nitrogens is 1. The van der Waals surface area contributed by atoms with E-state index < -0.39 is 49.8 Å². The number of carbonyl (C=O) groups excluding carboxylic acids is 3. The predicted octanol–water partition coefficient (Wildman–Crippen LogP) is 9.56. The van der Waals surface area contributed by atoms with E-state index in [1.165, 1.54) is 23.9 Å². The van der Waals surface area contributed by atoms with Crippen molar-refractivity contribution in [2.24, 2.45) is 0 Å². The lowest BCUT2D eigenvalue weighted by Gasteiger charge is -2.45. The monoisotopic (exact) mass is 758 g/mol. The average Bonchev–Trinajstić information content (AvgIpc) is 3.36. The van der Waals surface area contributed by atoms with Gasteiger partial charge in [-0.3, -0.25) is 4.79 Å². The highest BCUT2D eigenvalue weighted by atomic mass is 32.2. The number of benzene rings is 2. The third kappa shape index (κ3) is 12.3. The van der Waals surface area contributed by atoms with E-state index in [1.807, 2.05) is 24.3 Å². The lowest BCUT2D eigenvalue weighted by Crippen LogP contribution is -2.55. The summed E-state index contributed by atoms with van der Waals surface area (Å²) in [6, 6.07) is 13.1. The molecule has 1 aromatic heterocycles. The molecule has 13 heteroatoms.